The molecule has 1 N–H and O–H groups in total. The molecule has 1 aliphatic heterocycles. The summed E-state index contributed by atoms with van der Waals surface area (Å²) in [4.78, 5) is 26.1. The van der Waals surface area contributed by atoms with Crippen molar-refractivity contribution in [1.29, 1.82) is 0 Å². The third kappa shape index (κ3) is 3.91. The molecule has 130 valence electrons. The van der Waals surface area contributed by atoms with Crippen LogP contribution in [0.4, 0.5) is 15.3 Å². The second-order valence-electron chi connectivity index (χ2n) is 6.05. The summed E-state index contributed by atoms with van der Waals surface area (Å²) in [6.45, 7) is 1.08. The highest BCUT2D eigenvalue weighted by atomic mass is 16.6. The van der Waals surface area contributed by atoms with Crippen molar-refractivity contribution >= 4 is 17.9 Å². The number of likely N-dealkylation sites (tertiary alicyclic amines) is 1. The van der Waals surface area contributed by atoms with Crippen molar-refractivity contribution in [3.05, 3.63) is 60.2 Å². The van der Waals surface area contributed by atoms with Crippen LogP contribution in [-0.2, 0) is 0 Å². The summed E-state index contributed by atoms with van der Waals surface area (Å²) >= 11 is 0. The first-order chi connectivity index (χ1) is 12.0. The summed E-state index contributed by atoms with van der Waals surface area (Å²) in [7, 11) is 1.65. The van der Waals surface area contributed by atoms with E-state index in [2.05, 4.69) is 0 Å². The van der Waals surface area contributed by atoms with E-state index in [1.54, 1.807) is 31.3 Å². The van der Waals surface area contributed by atoms with Crippen LogP contribution in [0.25, 0.3) is 0 Å². The van der Waals surface area contributed by atoms with Crippen molar-refractivity contribution in [2.45, 2.75) is 12.3 Å². The number of rotatable bonds is 3. The summed E-state index contributed by atoms with van der Waals surface area (Å²) in [5.74, 6) is 0.697. The van der Waals surface area contributed by atoms with E-state index in [1.165, 1.54) is 9.80 Å². The molecule has 1 heterocycles. The summed E-state index contributed by atoms with van der Waals surface area (Å²) in [6, 6.07) is 16.5. The van der Waals surface area contributed by atoms with E-state index in [-0.39, 0.29) is 5.92 Å². The summed E-state index contributed by atoms with van der Waals surface area (Å²) in [5, 5.41) is 9.04. The van der Waals surface area contributed by atoms with Crippen LogP contribution in [0.5, 0.6) is 5.75 Å². The molecule has 1 atom stereocenters. The molecule has 1 fully saturated rings. The van der Waals surface area contributed by atoms with Gasteiger partial charge in [0.15, 0.2) is 0 Å². The Morgan fingerprint density at radius 1 is 1.12 bits per heavy atom. The number of nitrogens with zero attached hydrogens (tertiary/aromatic N) is 2. The van der Waals surface area contributed by atoms with Gasteiger partial charge in [-0.15, -0.1) is 0 Å². The van der Waals surface area contributed by atoms with Gasteiger partial charge in [0.25, 0.3) is 0 Å². The van der Waals surface area contributed by atoms with Crippen LogP contribution in [0.15, 0.2) is 54.6 Å². The standard InChI is InChI=1S/C19H20N2O4/c1-20(19(24)25-17-5-3-2-4-6-17)16-9-7-14(8-10-16)15-11-12-21(13-15)18(22)23/h2-10,15H,11-13H2,1H3,(H,22,23)/t15-/m0/s1. The number of carboxylic acid groups (broad SMARTS) is 1. The van der Waals surface area contributed by atoms with Crippen LogP contribution < -0.4 is 9.64 Å². The van der Waals surface area contributed by atoms with Crippen LogP contribution in [-0.4, -0.2) is 42.3 Å². The van der Waals surface area contributed by atoms with Gasteiger partial charge < -0.3 is 14.7 Å². The third-order valence-electron chi connectivity index (χ3n) is 4.43. The second-order valence-corrected chi connectivity index (χ2v) is 6.05. The van der Waals surface area contributed by atoms with Crippen molar-refractivity contribution in [3.63, 3.8) is 0 Å². The molecule has 0 aliphatic carbocycles. The van der Waals surface area contributed by atoms with Gasteiger partial charge in [-0.05, 0) is 36.2 Å². The maximum Gasteiger partial charge on any atom is 0.419 e. The van der Waals surface area contributed by atoms with Gasteiger partial charge in [-0.3, -0.25) is 4.90 Å². The molecule has 0 bridgehead atoms. The molecule has 0 unspecified atom stereocenters. The Morgan fingerprint density at radius 3 is 2.40 bits per heavy atom. The zero-order valence-corrected chi connectivity index (χ0v) is 14.0. The van der Waals surface area contributed by atoms with E-state index in [0.717, 1.165) is 17.7 Å². The van der Waals surface area contributed by atoms with Crippen molar-refractivity contribution in [2.24, 2.45) is 0 Å². The first-order valence-electron chi connectivity index (χ1n) is 8.13. The lowest BCUT2D eigenvalue weighted by molar-refractivity contribution is 0.155. The maximum atomic E-state index is 12.2. The Morgan fingerprint density at radius 2 is 1.80 bits per heavy atom. The Hall–Kier alpha value is -3.02. The fourth-order valence-electron chi connectivity index (χ4n) is 2.94. The topological polar surface area (TPSA) is 70.1 Å². The smallest absolute Gasteiger partial charge is 0.419 e. The van der Waals surface area contributed by atoms with Gasteiger partial charge in [0, 0.05) is 31.7 Å². The largest absolute Gasteiger partial charge is 0.465 e. The van der Waals surface area contributed by atoms with Gasteiger partial charge in [0.2, 0.25) is 0 Å². The Kier molecular flexibility index (Phi) is 4.88. The molecule has 1 aliphatic rings. The van der Waals surface area contributed by atoms with Crippen molar-refractivity contribution in [2.75, 3.05) is 25.0 Å². The monoisotopic (exact) mass is 340 g/mol. The molecular weight excluding hydrogens is 320 g/mol. The summed E-state index contributed by atoms with van der Waals surface area (Å²) in [5.41, 5.74) is 1.80. The quantitative estimate of drug-likeness (QED) is 0.923. The predicted molar refractivity (Wildman–Crippen MR) is 94.3 cm³/mol. The average Bonchev–Trinajstić information content (AvgIpc) is 3.12. The zero-order chi connectivity index (χ0) is 17.8. The van der Waals surface area contributed by atoms with Gasteiger partial charge in [-0.1, -0.05) is 30.3 Å². The van der Waals surface area contributed by atoms with Crippen LogP contribution in [0.1, 0.15) is 17.9 Å². The number of amides is 2. The Balaban J connectivity index is 1.63. The Bertz CT molecular complexity index is 746. The molecule has 6 nitrogen and oxygen atoms in total. The third-order valence-corrected chi connectivity index (χ3v) is 4.43. The zero-order valence-electron chi connectivity index (χ0n) is 14.0. The minimum absolute atomic E-state index is 0.201. The summed E-state index contributed by atoms with van der Waals surface area (Å²) in [6.07, 6.45) is -0.517. The van der Waals surface area contributed by atoms with E-state index < -0.39 is 12.2 Å². The fraction of sp³-hybridized carbons (Fsp3) is 0.263. The number of ether oxygens (including phenoxy) is 1. The number of benzene rings is 2. The van der Waals surface area contributed by atoms with E-state index in [4.69, 9.17) is 9.84 Å². The molecule has 0 saturated carbocycles. The number of carbonyl (C=O) groups excluding carboxylic acids is 1. The molecule has 0 aromatic heterocycles. The molecular formula is C19H20N2O4. The molecule has 0 radical (unpaired) electrons. The molecule has 2 aromatic carbocycles. The second kappa shape index (κ2) is 7.25. The highest BCUT2D eigenvalue weighted by Gasteiger charge is 2.27. The van der Waals surface area contributed by atoms with E-state index in [0.29, 0.717) is 18.8 Å². The lowest BCUT2D eigenvalue weighted by atomic mass is 9.98. The SMILES string of the molecule is CN(C(=O)Oc1ccccc1)c1ccc([C@H]2CCN(C(=O)O)C2)cc1. The summed E-state index contributed by atoms with van der Waals surface area (Å²) < 4.78 is 5.32. The van der Waals surface area contributed by atoms with Crippen LogP contribution in [0.3, 0.4) is 0 Å². The predicted octanol–water partition coefficient (Wildman–Crippen LogP) is 3.79. The fourth-order valence-corrected chi connectivity index (χ4v) is 2.94. The maximum absolute atomic E-state index is 12.2. The van der Waals surface area contributed by atoms with Crippen molar-refractivity contribution in [1.82, 2.24) is 4.90 Å². The molecule has 0 spiro atoms. The number of para-hydroxylation sites is 1. The number of carbonyl (C=O) groups is 2. The molecule has 3 rings (SSSR count). The number of anilines is 1. The molecule has 1 saturated heterocycles. The number of hydrogen-bond donors (Lipinski definition) is 1. The van der Waals surface area contributed by atoms with Gasteiger partial charge in [0.1, 0.15) is 5.75 Å². The highest BCUT2D eigenvalue weighted by molar-refractivity contribution is 5.88. The van der Waals surface area contributed by atoms with E-state index in [1.807, 2.05) is 30.3 Å². The van der Waals surface area contributed by atoms with Crippen LogP contribution in [0, 0.1) is 0 Å². The van der Waals surface area contributed by atoms with Crippen molar-refractivity contribution < 1.29 is 19.4 Å². The van der Waals surface area contributed by atoms with Crippen LogP contribution >= 0.6 is 0 Å². The lowest BCUT2D eigenvalue weighted by Gasteiger charge is -2.18. The first-order valence-corrected chi connectivity index (χ1v) is 8.13. The van der Waals surface area contributed by atoms with Gasteiger partial charge in [0.05, 0.1) is 0 Å². The van der Waals surface area contributed by atoms with Crippen molar-refractivity contribution in [3.8, 4) is 5.75 Å². The normalized spacial score (nSPS) is 16.5. The Labute approximate surface area is 146 Å². The minimum atomic E-state index is -0.873. The van der Waals surface area contributed by atoms with Gasteiger partial charge in [-0.25, -0.2) is 9.59 Å². The van der Waals surface area contributed by atoms with Crippen LogP contribution in [0.2, 0.25) is 0 Å². The minimum Gasteiger partial charge on any atom is -0.465 e. The average molecular weight is 340 g/mol. The van der Waals surface area contributed by atoms with Gasteiger partial charge in [-0.2, -0.15) is 0 Å². The van der Waals surface area contributed by atoms with Gasteiger partial charge >= 0.3 is 12.2 Å². The molecule has 2 aromatic rings. The lowest BCUT2D eigenvalue weighted by Crippen LogP contribution is -2.29. The first kappa shape index (κ1) is 16.8. The highest BCUT2D eigenvalue weighted by Crippen LogP contribution is 2.28. The number of hydrogen-bond acceptors (Lipinski definition) is 3. The molecule has 2 amide bonds. The van der Waals surface area contributed by atoms with E-state index in [9.17, 15) is 9.59 Å². The molecule has 6 heteroatoms. The van der Waals surface area contributed by atoms with E-state index >= 15 is 0 Å². The molecule has 25 heavy (non-hydrogen) atoms.